The van der Waals surface area contributed by atoms with E-state index >= 15 is 0 Å². The Kier molecular flexibility index (Phi) is 5.07. The van der Waals surface area contributed by atoms with Crippen molar-refractivity contribution in [1.82, 2.24) is 4.90 Å². The number of aryl methyl sites for hydroxylation is 1. The summed E-state index contributed by atoms with van der Waals surface area (Å²) in [5.74, 6) is 0.345. The molecule has 1 fully saturated rings. The van der Waals surface area contributed by atoms with Crippen LogP contribution in [0.4, 0.5) is 10.5 Å². The maximum atomic E-state index is 12.8. The number of primary amides is 1. The largest absolute Gasteiger partial charge is 0.467 e. The second kappa shape index (κ2) is 7.42. The van der Waals surface area contributed by atoms with Crippen molar-refractivity contribution in [2.24, 2.45) is 5.73 Å². The highest BCUT2D eigenvalue weighted by Gasteiger charge is 2.28. The molecular formula is C19H23N3O3. The molecule has 0 bridgehead atoms. The number of hydrogen-bond acceptors (Lipinski definition) is 3. The van der Waals surface area contributed by atoms with Crippen LogP contribution in [-0.2, 0) is 0 Å². The number of nitrogens with one attached hydrogen (secondary N) is 1. The van der Waals surface area contributed by atoms with Gasteiger partial charge >= 0.3 is 6.03 Å². The van der Waals surface area contributed by atoms with Crippen molar-refractivity contribution < 1.29 is 14.0 Å². The smallest absolute Gasteiger partial charge is 0.322 e. The van der Waals surface area contributed by atoms with Gasteiger partial charge in [0.25, 0.3) is 0 Å². The van der Waals surface area contributed by atoms with Gasteiger partial charge in [0.1, 0.15) is 5.76 Å². The Morgan fingerprint density at radius 2 is 2.08 bits per heavy atom. The van der Waals surface area contributed by atoms with E-state index in [1.165, 1.54) is 0 Å². The Balaban J connectivity index is 1.78. The lowest BCUT2D eigenvalue weighted by molar-refractivity contribution is 0.0999. The molecule has 6 heteroatoms. The summed E-state index contributed by atoms with van der Waals surface area (Å²) in [6.07, 6.45) is 5.68. The van der Waals surface area contributed by atoms with E-state index in [1.807, 2.05) is 17.0 Å². The summed E-state index contributed by atoms with van der Waals surface area (Å²) >= 11 is 0. The summed E-state index contributed by atoms with van der Waals surface area (Å²) in [6.45, 7) is 2.49. The summed E-state index contributed by atoms with van der Waals surface area (Å²) in [6, 6.07) is 8.66. The molecule has 3 amide bonds. The molecular weight excluding hydrogens is 318 g/mol. The second-order valence-electron chi connectivity index (χ2n) is 6.40. The molecule has 3 N–H and O–H groups in total. The van der Waals surface area contributed by atoms with Crippen LogP contribution in [0.3, 0.4) is 0 Å². The summed E-state index contributed by atoms with van der Waals surface area (Å²) < 4.78 is 5.55. The highest BCUT2D eigenvalue weighted by molar-refractivity contribution is 5.96. The lowest BCUT2D eigenvalue weighted by Crippen LogP contribution is -2.38. The van der Waals surface area contributed by atoms with Crippen molar-refractivity contribution in [1.29, 1.82) is 0 Å². The predicted molar refractivity (Wildman–Crippen MR) is 95.3 cm³/mol. The minimum Gasteiger partial charge on any atom is -0.467 e. The zero-order valence-electron chi connectivity index (χ0n) is 14.3. The number of hydrogen-bond donors (Lipinski definition) is 2. The third-order valence-electron chi connectivity index (χ3n) is 4.63. The number of nitrogens with zero attached hydrogens (tertiary/aromatic N) is 1. The van der Waals surface area contributed by atoms with E-state index in [1.54, 1.807) is 31.4 Å². The van der Waals surface area contributed by atoms with E-state index in [2.05, 4.69) is 5.32 Å². The summed E-state index contributed by atoms with van der Waals surface area (Å²) in [5, 5.41) is 2.93. The number of likely N-dealkylation sites (tertiary alicyclic amines) is 1. The molecule has 0 saturated carbocycles. The summed E-state index contributed by atoms with van der Waals surface area (Å²) in [4.78, 5) is 26.0. The Hall–Kier alpha value is -2.76. The quantitative estimate of drug-likeness (QED) is 0.889. The minimum absolute atomic E-state index is 0.0523. The maximum absolute atomic E-state index is 12.8. The third-order valence-corrected chi connectivity index (χ3v) is 4.63. The van der Waals surface area contributed by atoms with Gasteiger partial charge in [0.2, 0.25) is 5.91 Å². The SMILES string of the molecule is Cc1cc(NC(=O)N2CCCCC[C@@H]2c2ccco2)ccc1C(N)=O. The molecule has 0 unspecified atom stereocenters. The number of urea groups is 1. The third kappa shape index (κ3) is 3.84. The number of benzene rings is 1. The number of anilines is 1. The second-order valence-corrected chi connectivity index (χ2v) is 6.40. The van der Waals surface area contributed by atoms with Crippen LogP contribution in [0, 0.1) is 6.92 Å². The molecule has 2 aromatic rings. The first kappa shape index (κ1) is 17.1. The van der Waals surface area contributed by atoms with E-state index in [4.69, 9.17) is 10.2 Å². The Labute approximate surface area is 147 Å². The van der Waals surface area contributed by atoms with Crippen LogP contribution in [-0.4, -0.2) is 23.4 Å². The van der Waals surface area contributed by atoms with Crippen LogP contribution in [0.25, 0.3) is 0 Å². The van der Waals surface area contributed by atoms with Gasteiger partial charge in [0.05, 0.1) is 12.3 Å². The van der Waals surface area contributed by atoms with E-state index in [-0.39, 0.29) is 12.1 Å². The van der Waals surface area contributed by atoms with Crippen molar-refractivity contribution >= 4 is 17.6 Å². The zero-order valence-corrected chi connectivity index (χ0v) is 14.3. The molecule has 1 aromatic carbocycles. The lowest BCUT2D eigenvalue weighted by atomic mass is 10.1. The average molecular weight is 341 g/mol. The van der Waals surface area contributed by atoms with Crippen molar-refractivity contribution in [3.63, 3.8) is 0 Å². The number of nitrogens with two attached hydrogens (primary N) is 1. The number of amides is 3. The summed E-state index contributed by atoms with van der Waals surface area (Å²) in [5.41, 5.74) is 7.17. The monoisotopic (exact) mass is 341 g/mol. The predicted octanol–water partition coefficient (Wildman–Crippen LogP) is 3.84. The highest BCUT2D eigenvalue weighted by Crippen LogP contribution is 2.31. The molecule has 1 aliphatic rings. The van der Waals surface area contributed by atoms with Crippen LogP contribution in [0.1, 0.15) is 53.4 Å². The van der Waals surface area contributed by atoms with Gasteiger partial charge in [-0.1, -0.05) is 12.8 Å². The first-order chi connectivity index (χ1) is 12.1. The number of furan rings is 1. The van der Waals surface area contributed by atoms with Gasteiger partial charge in [-0.05, 0) is 55.7 Å². The molecule has 0 radical (unpaired) electrons. The fourth-order valence-corrected chi connectivity index (χ4v) is 3.34. The molecule has 2 heterocycles. The van der Waals surface area contributed by atoms with E-state index in [9.17, 15) is 9.59 Å². The molecule has 132 valence electrons. The molecule has 0 aliphatic carbocycles. The first-order valence-corrected chi connectivity index (χ1v) is 8.58. The molecule has 25 heavy (non-hydrogen) atoms. The number of carbonyl (C=O) groups excluding carboxylic acids is 2. The fraction of sp³-hybridized carbons (Fsp3) is 0.368. The van der Waals surface area contributed by atoms with Gasteiger partial charge in [-0.2, -0.15) is 0 Å². The summed E-state index contributed by atoms with van der Waals surface area (Å²) in [7, 11) is 0. The molecule has 3 rings (SSSR count). The van der Waals surface area contributed by atoms with Crippen molar-refractivity contribution in [3.8, 4) is 0 Å². The van der Waals surface area contributed by atoms with Crippen molar-refractivity contribution in [2.75, 3.05) is 11.9 Å². The van der Waals surface area contributed by atoms with Gasteiger partial charge in [0, 0.05) is 17.8 Å². The standard InChI is InChI=1S/C19H23N3O3/c1-13-12-14(8-9-15(13)18(20)23)21-19(24)22-10-4-2-3-6-16(22)17-7-5-11-25-17/h5,7-9,11-12,16H,2-4,6,10H2,1H3,(H2,20,23)(H,21,24)/t16-/m1/s1. The first-order valence-electron chi connectivity index (χ1n) is 8.58. The van der Waals surface area contributed by atoms with Gasteiger partial charge in [-0.15, -0.1) is 0 Å². The Bertz CT molecular complexity index is 755. The number of rotatable bonds is 3. The average Bonchev–Trinajstić information content (AvgIpc) is 2.98. The Morgan fingerprint density at radius 1 is 1.24 bits per heavy atom. The number of carbonyl (C=O) groups is 2. The Morgan fingerprint density at radius 3 is 2.76 bits per heavy atom. The minimum atomic E-state index is -0.472. The molecule has 1 aromatic heterocycles. The molecule has 1 atom stereocenters. The topological polar surface area (TPSA) is 88.6 Å². The molecule has 1 saturated heterocycles. The highest BCUT2D eigenvalue weighted by atomic mass is 16.3. The van der Waals surface area contributed by atoms with Crippen LogP contribution in [0.15, 0.2) is 41.0 Å². The lowest BCUT2D eigenvalue weighted by Gasteiger charge is -2.28. The van der Waals surface area contributed by atoms with Gasteiger partial charge in [-0.25, -0.2) is 4.79 Å². The van der Waals surface area contributed by atoms with Crippen LogP contribution in [0.2, 0.25) is 0 Å². The fourth-order valence-electron chi connectivity index (χ4n) is 3.34. The van der Waals surface area contributed by atoms with Crippen LogP contribution in [0.5, 0.6) is 0 Å². The van der Waals surface area contributed by atoms with Gasteiger partial charge < -0.3 is 20.4 Å². The maximum Gasteiger partial charge on any atom is 0.322 e. The molecule has 6 nitrogen and oxygen atoms in total. The van der Waals surface area contributed by atoms with E-state index < -0.39 is 5.91 Å². The molecule has 1 aliphatic heterocycles. The van der Waals surface area contributed by atoms with E-state index in [0.29, 0.717) is 17.8 Å². The van der Waals surface area contributed by atoms with Gasteiger partial charge in [0.15, 0.2) is 0 Å². The van der Waals surface area contributed by atoms with Crippen LogP contribution < -0.4 is 11.1 Å². The molecule has 0 spiro atoms. The van der Waals surface area contributed by atoms with Gasteiger partial charge in [-0.3, -0.25) is 4.79 Å². The zero-order chi connectivity index (χ0) is 17.8. The normalized spacial score (nSPS) is 17.8. The van der Waals surface area contributed by atoms with Crippen LogP contribution >= 0.6 is 0 Å². The van der Waals surface area contributed by atoms with E-state index in [0.717, 1.165) is 37.0 Å². The van der Waals surface area contributed by atoms with Crippen molar-refractivity contribution in [2.45, 2.75) is 38.6 Å². The van der Waals surface area contributed by atoms with Crippen molar-refractivity contribution in [3.05, 3.63) is 53.5 Å².